The van der Waals surface area contributed by atoms with E-state index in [1.54, 1.807) is 12.1 Å². The van der Waals surface area contributed by atoms with Gasteiger partial charge in [0.15, 0.2) is 0 Å². The molecular formula is C18H13N2O4-. The topological polar surface area (TPSA) is 98.8 Å². The highest BCUT2D eigenvalue weighted by Gasteiger charge is 2.07. The maximum Gasteiger partial charge on any atom is 0.269 e. The largest absolute Gasteiger partial charge is 0.872 e. The highest BCUT2D eigenvalue weighted by atomic mass is 16.6. The molecule has 0 aliphatic carbocycles. The lowest BCUT2D eigenvalue weighted by atomic mass is 10.0. The number of hydrogen-bond donors (Lipinski definition) is 1. The maximum absolute atomic E-state index is 11.8. The highest BCUT2D eigenvalue weighted by molar-refractivity contribution is 6.02. The zero-order valence-corrected chi connectivity index (χ0v) is 12.5. The summed E-state index contributed by atoms with van der Waals surface area (Å²) >= 11 is 0. The molecule has 3 aromatic carbocycles. The predicted octanol–water partition coefficient (Wildman–Crippen LogP) is 3.15. The fourth-order valence-electron chi connectivity index (χ4n) is 2.46. The molecule has 0 aromatic heterocycles. The first kappa shape index (κ1) is 15.5. The van der Waals surface area contributed by atoms with E-state index in [1.165, 1.54) is 24.4 Å². The number of aliphatic imine (C=N–C) groups is 1. The fourth-order valence-corrected chi connectivity index (χ4v) is 2.46. The quantitative estimate of drug-likeness (QED) is 0.453. The second-order valence-electron chi connectivity index (χ2n) is 5.24. The Morgan fingerprint density at radius 2 is 1.92 bits per heavy atom. The van der Waals surface area contributed by atoms with Crippen molar-refractivity contribution in [2.75, 3.05) is 0 Å². The van der Waals surface area contributed by atoms with Crippen molar-refractivity contribution < 1.29 is 15.1 Å². The van der Waals surface area contributed by atoms with E-state index in [0.29, 0.717) is 5.56 Å². The average molecular weight is 321 g/mol. The minimum absolute atomic E-state index is 0.00315. The lowest BCUT2D eigenvalue weighted by Gasteiger charge is -2.10. The van der Waals surface area contributed by atoms with E-state index < -0.39 is 4.92 Å². The van der Waals surface area contributed by atoms with Gasteiger partial charge in [0.05, 0.1) is 11.5 Å². The third-order valence-corrected chi connectivity index (χ3v) is 3.68. The van der Waals surface area contributed by atoms with Crippen molar-refractivity contribution in [2.24, 2.45) is 4.99 Å². The van der Waals surface area contributed by atoms with Crippen LogP contribution in [0.3, 0.4) is 0 Å². The van der Waals surface area contributed by atoms with Crippen molar-refractivity contribution in [3.63, 3.8) is 0 Å². The first-order valence-corrected chi connectivity index (χ1v) is 7.21. The Balaban J connectivity index is 1.92. The minimum Gasteiger partial charge on any atom is -0.872 e. The second kappa shape index (κ2) is 6.37. The van der Waals surface area contributed by atoms with Crippen LogP contribution in [0.5, 0.6) is 11.5 Å². The molecule has 0 bridgehead atoms. The van der Waals surface area contributed by atoms with Crippen molar-refractivity contribution in [3.05, 3.63) is 75.8 Å². The molecule has 0 aliphatic rings. The van der Waals surface area contributed by atoms with Gasteiger partial charge in [0.2, 0.25) is 0 Å². The van der Waals surface area contributed by atoms with Crippen LogP contribution in [0.15, 0.2) is 59.6 Å². The summed E-state index contributed by atoms with van der Waals surface area (Å²) in [5.74, 6) is -0.223. The van der Waals surface area contributed by atoms with Crippen LogP contribution in [0.25, 0.3) is 10.8 Å². The molecule has 24 heavy (non-hydrogen) atoms. The van der Waals surface area contributed by atoms with Gasteiger partial charge in [-0.25, -0.2) is 0 Å². The van der Waals surface area contributed by atoms with Gasteiger partial charge < -0.3 is 10.2 Å². The first-order valence-electron chi connectivity index (χ1n) is 7.21. The van der Waals surface area contributed by atoms with Crippen LogP contribution in [0, 0.1) is 10.1 Å². The molecule has 0 fully saturated rings. The van der Waals surface area contributed by atoms with Gasteiger partial charge >= 0.3 is 0 Å². The molecule has 3 aromatic rings. The number of nitro benzene ring substituents is 1. The van der Waals surface area contributed by atoms with Crippen LogP contribution in [-0.2, 0) is 6.54 Å². The van der Waals surface area contributed by atoms with Crippen LogP contribution < -0.4 is 5.11 Å². The standard InChI is InChI=1S/C18H14N2O4/c21-17-8-6-14(20(23)24)9-13(17)10-19-11-16-15-4-2-1-3-12(15)5-7-18(16)22/h1-9,11,21-22H,10H2/p-1. The summed E-state index contributed by atoms with van der Waals surface area (Å²) < 4.78 is 0. The summed E-state index contributed by atoms with van der Waals surface area (Å²) in [7, 11) is 0. The Morgan fingerprint density at radius 1 is 1.12 bits per heavy atom. The number of phenolic OH excluding ortho intramolecular Hbond substituents is 1. The molecule has 3 rings (SSSR count). The molecule has 0 unspecified atom stereocenters. The monoisotopic (exact) mass is 321 g/mol. The van der Waals surface area contributed by atoms with E-state index in [1.807, 2.05) is 24.3 Å². The predicted molar refractivity (Wildman–Crippen MR) is 89.5 cm³/mol. The van der Waals surface area contributed by atoms with E-state index in [-0.39, 0.29) is 29.3 Å². The number of phenols is 1. The van der Waals surface area contributed by atoms with E-state index in [0.717, 1.165) is 10.8 Å². The second-order valence-corrected chi connectivity index (χ2v) is 5.24. The average Bonchev–Trinajstić information content (AvgIpc) is 2.58. The molecule has 0 saturated heterocycles. The summed E-state index contributed by atoms with van der Waals surface area (Å²) in [5, 5.41) is 34.4. The van der Waals surface area contributed by atoms with Gasteiger partial charge in [-0.05, 0) is 22.4 Å². The Morgan fingerprint density at radius 3 is 2.71 bits per heavy atom. The number of nitro groups is 1. The summed E-state index contributed by atoms with van der Waals surface area (Å²) in [4.78, 5) is 14.4. The molecule has 0 atom stereocenters. The van der Waals surface area contributed by atoms with Crippen molar-refractivity contribution in [3.8, 4) is 11.5 Å². The van der Waals surface area contributed by atoms with E-state index in [9.17, 15) is 20.3 Å². The normalized spacial score (nSPS) is 11.2. The lowest BCUT2D eigenvalue weighted by Crippen LogP contribution is -1.98. The SMILES string of the molecule is O=[N+]([O-])c1ccc([O-])c(CN=Cc2c(O)ccc3ccccc23)c1. The van der Waals surface area contributed by atoms with E-state index in [4.69, 9.17) is 0 Å². The number of fused-ring (bicyclic) bond motifs is 1. The first-order chi connectivity index (χ1) is 11.6. The van der Waals surface area contributed by atoms with Gasteiger partial charge in [0, 0.05) is 23.9 Å². The summed E-state index contributed by atoms with van der Waals surface area (Å²) in [6.07, 6.45) is 1.48. The van der Waals surface area contributed by atoms with E-state index >= 15 is 0 Å². The van der Waals surface area contributed by atoms with Crippen LogP contribution in [-0.4, -0.2) is 16.2 Å². The maximum atomic E-state index is 11.8. The van der Waals surface area contributed by atoms with Crippen molar-refractivity contribution >= 4 is 22.7 Å². The minimum atomic E-state index is -0.552. The van der Waals surface area contributed by atoms with Crippen LogP contribution in [0.1, 0.15) is 11.1 Å². The Bertz CT molecular complexity index is 951. The van der Waals surface area contributed by atoms with Crippen LogP contribution >= 0.6 is 0 Å². The number of rotatable bonds is 4. The van der Waals surface area contributed by atoms with Crippen LogP contribution in [0.2, 0.25) is 0 Å². The molecule has 0 heterocycles. The smallest absolute Gasteiger partial charge is 0.269 e. The van der Waals surface area contributed by atoms with Gasteiger partial charge in [-0.2, -0.15) is 0 Å². The molecule has 6 heteroatoms. The molecule has 1 N–H and O–H groups in total. The number of non-ortho nitro benzene ring substituents is 1. The zero-order chi connectivity index (χ0) is 17.1. The third kappa shape index (κ3) is 3.03. The highest BCUT2D eigenvalue weighted by Crippen LogP contribution is 2.26. The molecule has 0 saturated carbocycles. The molecule has 120 valence electrons. The molecule has 0 aliphatic heterocycles. The number of aromatic hydroxyl groups is 1. The molecule has 0 spiro atoms. The molecule has 0 amide bonds. The van der Waals surface area contributed by atoms with Gasteiger partial charge in [-0.1, -0.05) is 36.4 Å². The van der Waals surface area contributed by atoms with Crippen LogP contribution in [0.4, 0.5) is 5.69 Å². The zero-order valence-electron chi connectivity index (χ0n) is 12.5. The molecular weight excluding hydrogens is 308 g/mol. The van der Waals surface area contributed by atoms with Crippen molar-refractivity contribution in [2.45, 2.75) is 6.54 Å². The summed E-state index contributed by atoms with van der Waals surface area (Å²) in [5.41, 5.74) is 0.638. The summed E-state index contributed by atoms with van der Waals surface area (Å²) in [6, 6.07) is 14.5. The van der Waals surface area contributed by atoms with Gasteiger partial charge in [0.1, 0.15) is 5.75 Å². The Labute approximate surface area is 137 Å². The number of nitrogens with zero attached hydrogens (tertiary/aromatic N) is 2. The Kier molecular flexibility index (Phi) is 4.11. The van der Waals surface area contributed by atoms with Crippen molar-refractivity contribution in [1.82, 2.24) is 0 Å². The van der Waals surface area contributed by atoms with Gasteiger partial charge in [-0.3, -0.25) is 15.1 Å². The van der Waals surface area contributed by atoms with Crippen molar-refractivity contribution in [1.29, 1.82) is 0 Å². The number of hydrogen-bond acceptors (Lipinski definition) is 5. The molecule has 6 nitrogen and oxygen atoms in total. The fraction of sp³-hybridized carbons (Fsp3) is 0.0556. The Hall–Kier alpha value is -3.41. The number of benzene rings is 3. The van der Waals surface area contributed by atoms with E-state index in [2.05, 4.69) is 4.99 Å². The molecule has 0 radical (unpaired) electrons. The third-order valence-electron chi connectivity index (χ3n) is 3.68. The summed E-state index contributed by atoms with van der Waals surface area (Å²) in [6.45, 7) is 0.00315. The van der Waals surface area contributed by atoms with Gasteiger partial charge in [0.25, 0.3) is 5.69 Å². The lowest BCUT2D eigenvalue weighted by molar-refractivity contribution is -0.385. The van der Waals surface area contributed by atoms with Gasteiger partial charge in [-0.15, -0.1) is 5.75 Å².